The minimum Gasteiger partial charge on any atom is -0.295 e. The highest BCUT2D eigenvalue weighted by Crippen LogP contribution is 2.45. The molecule has 0 aromatic rings. The van der Waals surface area contributed by atoms with Crippen LogP contribution in [0.5, 0.6) is 0 Å². The van der Waals surface area contributed by atoms with Crippen LogP contribution in [-0.4, -0.2) is 11.7 Å². The van der Waals surface area contributed by atoms with Gasteiger partial charge in [0.05, 0.1) is 5.92 Å². The molecule has 0 amide bonds. The van der Waals surface area contributed by atoms with Gasteiger partial charge in [-0.2, -0.15) is 0 Å². The van der Waals surface area contributed by atoms with E-state index < -0.39 is 24.1 Å². The third-order valence-electron chi connectivity index (χ3n) is 2.74. The SMILES string of the molecule is O=C1CCC(F)(F)C2CC(F)=CC=C12. The molecule has 2 rings (SSSR count). The van der Waals surface area contributed by atoms with Crippen molar-refractivity contribution in [1.82, 2.24) is 0 Å². The summed E-state index contributed by atoms with van der Waals surface area (Å²) in [6.45, 7) is 0. The number of hydrogen-bond acceptors (Lipinski definition) is 1. The largest absolute Gasteiger partial charge is 0.295 e. The Balaban J connectivity index is 2.38. The second-order valence-electron chi connectivity index (χ2n) is 3.68. The summed E-state index contributed by atoms with van der Waals surface area (Å²) in [5.41, 5.74) is 0.0858. The maximum Gasteiger partial charge on any atom is 0.255 e. The lowest BCUT2D eigenvalue weighted by Gasteiger charge is -2.33. The molecule has 0 bridgehead atoms. The lowest BCUT2D eigenvalue weighted by Crippen LogP contribution is -2.38. The number of allylic oxidation sites excluding steroid dienone is 4. The zero-order valence-electron chi connectivity index (χ0n) is 7.40. The van der Waals surface area contributed by atoms with Crippen LogP contribution < -0.4 is 0 Å². The number of rotatable bonds is 0. The number of Topliss-reactive ketones (excluding diaryl/α,β-unsaturated/α-hetero) is 1. The number of fused-ring (bicyclic) bond motifs is 1. The van der Waals surface area contributed by atoms with Crippen LogP contribution in [0.1, 0.15) is 19.3 Å². The molecule has 1 fully saturated rings. The van der Waals surface area contributed by atoms with Crippen molar-refractivity contribution in [3.05, 3.63) is 23.6 Å². The third kappa shape index (κ3) is 1.38. The van der Waals surface area contributed by atoms with Gasteiger partial charge < -0.3 is 0 Å². The van der Waals surface area contributed by atoms with Gasteiger partial charge in [-0.25, -0.2) is 13.2 Å². The molecule has 2 aliphatic carbocycles. The topological polar surface area (TPSA) is 17.1 Å². The molecule has 0 radical (unpaired) electrons. The molecule has 4 heteroatoms. The Morgan fingerprint density at radius 3 is 2.79 bits per heavy atom. The van der Waals surface area contributed by atoms with Gasteiger partial charge in [0.2, 0.25) is 0 Å². The highest BCUT2D eigenvalue weighted by molar-refractivity contribution is 5.97. The van der Waals surface area contributed by atoms with Gasteiger partial charge in [0, 0.05) is 24.8 Å². The smallest absolute Gasteiger partial charge is 0.255 e. The fourth-order valence-corrected chi connectivity index (χ4v) is 1.93. The molecule has 0 aromatic carbocycles. The maximum atomic E-state index is 13.3. The fraction of sp³-hybridized carbons (Fsp3) is 0.500. The lowest BCUT2D eigenvalue weighted by atomic mass is 9.76. The first-order chi connectivity index (χ1) is 6.50. The average Bonchev–Trinajstić information content (AvgIpc) is 2.12. The summed E-state index contributed by atoms with van der Waals surface area (Å²) in [6.07, 6.45) is 1.36. The van der Waals surface area contributed by atoms with Crippen molar-refractivity contribution >= 4 is 5.78 Å². The van der Waals surface area contributed by atoms with Gasteiger partial charge in [-0.05, 0) is 6.08 Å². The van der Waals surface area contributed by atoms with Gasteiger partial charge in [-0.1, -0.05) is 6.08 Å². The Morgan fingerprint density at radius 2 is 2.07 bits per heavy atom. The van der Waals surface area contributed by atoms with Gasteiger partial charge in [0.1, 0.15) is 5.83 Å². The highest BCUT2D eigenvalue weighted by Gasteiger charge is 2.48. The molecule has 1 atom stereocenters. The first kappa shape index (κ1) is 9.49. The van der Waals surface area contributed by atoms with Crippen molar-refractivity contribution in [2.24, 2.45) is 5.92 Å². The molecule has 0 heterocycles. The van der Waals surface area contributed by atoms with Crippen molar-refractivity contribution in [2.75, 3.05) is 0 Å². The number of alkyl halides is 2. The second-order valence-corrected chi connectivity index (χ2v) is 3.68. The molecule has 0 spiro atoms. The van der Waals surface area contributed by atoms with Crippen LogP contribution in [0.25, 0.3) is 0 Å². The number of halogens is 3. The summed E-state index contributed by atoms with van der Waals surface area (Å²) < 4.78 is 39.4. The molecular weight excluding hydrogens is 193 g/mol. The van der Waals surface area contributed by atoms with E-state index in [-0.39, 0.29) is 24.2 Å². The quantitative estimate of drug-likeness (QED) is 0.590. The van der Waals surface area contributed by atoms with Crippen LogP contribution in [0.15, 0.2) is 23.6 Å². The van der Waals surface area contributed by atoms with Crippen LogP contribution in [0.4, 0.5) is 13.2 Å². The monoisotopic (exact) mass is 202 g/mol. The van der Waals surface area contributed by atoms with Crippen LogP contribution in [0.2, 0.25) is 0 Å². The molecular formula is C10H9F3O. The van der Waals surface area contributed by atoms with E-state index >= 15 is 0 Å². The number of carbonyl (C=O) groups is 1. The van der Waals surface area contributed by atoms with E-state index in [9.17, 15) is 18.0 Å². The van der Waals surface area contributed by atoms with E-state index in [0.717, 1.165) is 6.08 Å². The zero-order chi connectivity index (χ0) is 10.3. The molecule has 0 saturated heterocycles. The van der Waals surface area contributed by atoms with Crippen LogP contribution in [-0.2, 0) is 4.79 Å². The average molecular weight is 202 g/mol. The van der Waals surface area contributed by atoms with Crippen LogP contribution in [0, 0.1) is 5.92 Å². The molecule has 76 valence electrons. The van der Waals surface area contributed by atoms with Gasteiger partial charge in [-0.15, -0.1) is 0 Å². The summed E-state index contributed by atoms with van der Waals surface area (Å²) >= 11 is 0. The summed E-state index contributed by atoms with van der Waals surface area (Å²) in [7, 11) is 0. The first-order valence-electron chi connectivity index (χ1n) is 4.48. The zero-order valence-corrected chi connectivity index (χ0v) is 7.40. The highest BCUT2D eigenvalue weighted by atomic mass is 19.3. The Hall–Kier alpha value is -1.06. The van der Waals surface area contributed by atoms with Crippen molar-refractivity contribution < 1.29 is 18.0 Å². The number of ketones is 1. The molecule has 1 unspecified atom stereocenters. The van der Waals surface area contributed by atoms with Crippen molar-refractivity contribution in [2.45, 2.75) is 25.2 Å². The Morgan fingerprint density at radius 1 is 1.36 bits per heavy atom. The van der Waals surface area contributed by atoms with Gasteiger partial charge in [0.15, 0.2) is 5.78 Å². The number of hydrogen-bond donors (Lipinski definition) is 0. The lowest BCUT2D eigenvalue weighted by molar-refractivity contribution is -0.127. The molecule has 0 aromatic heterocycles. The predicted octanol–water partition coefficient (Wildman–Crippen LogP) is 2.78. The van der Waals surface area contributed by atoms with E-state index in [1.165, 1.54) is 6.08 Å². The predicted molar refractivity (Wildman–Crippen MR) is 44.6 cm³/mol. The third-order valence-corrected chi connectivity index (χ3v) is 2.74. The van der Waals surface area contributed by atoms with Gasteiger partial charge >= 0.3 is 0 Å². The molecule has 1 nitrogen and oxygen atoms in total. The molecule has 2 aliphatic rings. The van der Waals surface area contributed by atoms with Crippen LogP contribution in [0.3, 0.4) is 0 Å². The van der Waals surface area contributed by atoms with Crippen molar-refractivity contribution in [1.29, 1.82) is 0 Å². The van der Waals surface area contributed by atoms with E-state index in [4.69, 9.17) is 0 Å². The second kappa shape index (κ2) is 2.97. The summed E-state index contributed by atoms with van der Waals surface area (Å²) in [5, 5.41) is 0. The standard InChI is InChI=1S/C10H9F3O/c11-6-1-2-7-8(5-6)10(12,13)4-3-9(7)14/h1-2,8H,3-5H2. The van der Waals surface area contributed by atoms with E-state index in [2.05, 4.69) is 0 Å². The Bertz CT molecular complexity index is 341. The molecule has 0 aliphatic heterocycles. The Labute approximate surface area is 79.3 Å². The van der Waals surface area contributed by atoms with Crippen LogP contribution >= 0.6 is 0 Å². The molecule has 1 saturated carbocycles. The normalized spacial score (nSPS) is 30.5. The van der Waals surface area contributed by atoms with E-state index in [0.29, 0.717) is 0 Å². The minimum absolute atomic E-state index is 0.0858. The van der Waals surface area contributed by atoms with E-state index in [1.807, 2.05) is 0 Å². The van der Waals surface area contributed by atoms with Crippen molar-refractivity contribution in [3.63, 3.8) is 0 Å². The number of carbonyl (C=O) groups excluding carboxylic acids is 1. The summed E-state index contributed by atoms with van der Waals surface area (Å²) in [4.78, 5) is 11.3. The summed E-state index contributed by atoms with van der Waals surface area (Å²) in [6, 6.07) is 0. The fourth-order valence-electron chi connectivity index (χ4n) is 1.93. The molecule has 14 heavy (non-hydrogen) atoms. The first-order valence-corrected chi connectivity index (χ1v) is 4.48. The van der Waals surface area contributed by atoms with Crippen molar-refractivity contribution in [3.8, 4) is 0 Å². The van der Waals surface area contributed by atoms with E-state index in [1.54, 1.807) is 0 Å². The minimum atomic E-state index is -2.94. The van der Waals surface area contributed by atoms with Gasteiger partial charge in [0.25, 0.3) is 5.92 Å². The summed E-state index contributed by atoms with van der Waals surface area (Å²) in [5.74, 6) is -5.03. The van der Waals surface area contributed by atoms with Gasteiger partial charge in [-0.3, -0.25) is 4.79 Å². The maximum absolute atomic E-state index is 13.3. The Kier molecular flexibility index (Phi) is 2.01. The molecule has 0 N–H and O–H groups in total.